The molecule has 0 radical (unpaired) electrons. The van der Waals surface area contributed by atoms with E-state index in [4.69, 9.17) is 0 Å². The molecule has 1 heterocycles. The fraction of sp³-hybridized carbons (Fsp3) is 0.600. The molecule has 0 bridgehead atoms. The molecule has 0 aromatic carbocycles. The molecule has 1 N–H and O–H groups in total. The zero-order valence-electron chi connectivity index (χ0n) is 7.80. The first-order valence-electron chi connectivity index (χ1n) is 4.43. The summed E-state index contributed by atoms with van der Waals surface area (Å²) in [6.45, 7) is 4.26. The van der Waals surface area contributed by atoms with Crippen LogP contribution >= 0.6 is 27.3 Å². The van der Waals surface area contributed by atoms with Crippen molar-refractivity contribution in [3.8, 4) is 0 Å². The van der Waals surface area contributed by atoms with Crippen LogP contribution in [0.1, 0.15) is 31.6 Å². The van der Waals surface area contributed by atoms with E-state index in [1.165, 1.54) is 0 Å². The molecule has 0 spiro atoms. The van der Waals surface area contributed by atoms with E-state index in [2.05, 4.69) is 29.8 Å². The van der Waals surface area contributed by atoms with Crippen molar-refractivity contribution in [1.82, 2.24) is 0 Å². The SMILES string of the molecule is CC1(C)CCC1(O)c1sccc1Br. The lowest BCUT2D eigenvalue weighted by Gasteiger charge is -2.52. The minimum absolute atomic E-state index is 0.0281. The molecule has 1 aliphatic carbocycles. The second kappa shape index (κ2) is 2.81. The Bertz CT molecular complexity index is 331. The van der Waals surface area contributed by atoms with Crippen LogP contribution in [-0.2, 0) is 5.60 Å². The van der Waals surface area contributed by atoms with E-state index in [0.717, 1.165) is 22.2 Å². The predicted molar refractivity (Wildman–Crippen MR) is 58.9 cm³/mol. The van der Waals surface area contributed by atoms with Crippen LogP contribution in [0.3, 0.4) is 0 Å². The van der Waals surface area contributed by atoms with Crippen LogP contribution < -0.4 is 0 Å². The summed E-state index contributed by atoms with van der Waals surface area (Å²) < 4.78 is 1.05. The minimum Gasteiger partial charge on any atom is -0.384 e. The van der Waals surface area contributed by atoms with Crippen molar-refractivity contribution < 1.29 is 5.11 Å². The van der Waals surface area contributed by atoms with Crippen molar-refractivity contribution in [2.45, 2.75) is 32.3 Å². The van der Waals surface area contributed by atoms with Gasteiger partial charge in [-0.15, -0.1) is 11.3 Å². The molecule has 0 saturated heterocycles. The normalized spacial score (nSPS) is 31.4. The molecule has 1 unspecified atom stereocenters. The molecule has 1 aromatic heterocycles. The van der Waals surface area contributed by atoms with Gasteiger partial charge in [-0.3, -0.25) is 0 Å². The van der Waals surface area contributed by atoms with Crippen LogP contribution in [0.4, 0.5) is 0 Å². The molecule has 1 aliphatic rings. The maximum atomic E-state index is 10.5. The van der Waals surface area contributed by atoms with Gasteiger partial charge in [-0.25, -0.2) is 0 Å². The first kappa shape index (κ1) is 9.69. The average Bonchev–Trinajstić information content (AvgIpc) is 2.48. The molecule has 1 aromatic rings. The summed E-state index contributed by atoms with van der Waals surface area (Å²) in [5, 5.41) is 12.5. The van der Waals surface area contributed by atoms with Gasteiger partial charge in [0, 0.05) is 4.47 Å². The lowest BCUT2D eigenvalue weighted by atomic mass is 9.58. The fourth-order valence-corrected chi connectivity index (χ4v) is 3.88. The van der Waals surface area contributed by atoms with Gasteiger partial charge in [-0.1, -0.05) is 13.8 Å². The van der Waals surface area contributed by atoms with E-state index in [9.17, 15) is 5.11 Å². The van der Waals surface area contributed by atoms with Gasteiger partial charge in [0.1, 0.15) is 5.60 Å². The molecule has 1 saturated carbocycles. The molecule has 0 amide bonds. The van der Waals surface area contributed by atoms with Crippen molar-refractivity contribution in [3.05, 3.63) is 20.8 Å². The highest BCUT2D eigenvalue weighted by molar-refractivity contribution is 9.10. The first-order valence-corrected chi connectivity index (χ1v) is 6.10. The molecule has 1 atom stereocenters. The molecule has 72 valence electrons. The van der Waals surface area contributed by atoms with Gasteiger partial charge in [0.25, 0.3) is 0 Å². The quantitative estimate of drug-likeness (QED) is 0.820. The van der Waals surface area contributed by atoms with Crippen LogP contribution in [0.25, 0.3) is 0 Å². The van der Waals surface area contributed by atoms with Gasteiger partial charge in [0.15, 0.2) is 0 Å². The molecule has 13 heavy (non-hydrogen) atoms. The summed E-state index contributed by atoms with van der Waals surface area (Å²) in [5.41, 5.74) is -0.569. The van der Waals surface area contributed by atoms with Gasteiger partial charge < -0.3 is 5.11 Å². The first-order chi connectivity index (χ1) is 5.97. The van der Waals surface area contributed by atoms with Crippen LogP contribution in [-0.4, -0.2) is 5.11 Å². The minimum atomic E-state index is -0.597. The Morgan fingerprint density at radius 3 is 2.46 bits per heavy atom. The van der Waals surface area contributed by atoms with Crippen LogP contribution in [0, 0.1) is 5.41 Å². The summed E-state index contributed by atoms with van der Waals surface area (Å²) in [4.78, 5) is 1.09. The van der Waals surface area contributed by atoms with E-state index in [0.29, 0.717) is 0 Å². The van der Waals surface area contributed by atoms with Crippen LogP contribution in [0.5, 0.6) is 0 Å². The fourth-order valence-electron chi connectivity index (χ4n) is 1.87. The summed E-state index contributed by atoms with van der Waals surface area (Å²) in [6.07, 6.45) is 1.99. The number of halogens is 1. The Morgan fingerprint density at radius 1 is 1.46 bits per heavy atom. The van der Waals surface area contributed by atoms with Gasteiger partial charge in [-0.05, 0) is 45.6 Å². The largest absolute Gasteiger partial charge is 0.384 e. The summed E-state index contributed by atoms with van der Waals surface area (Å²) in [6, 6.07) is 2.01. The third kappa shape index (κ3) is 1.21. The summed E-state index contributed by atoms with van der Waals surface area (Å²) in [7, 11) is 0. The van der Waals surface area contributed by atoms with Crippen molar-refractivity contribution in [2.75, 3.05) is 0 Å². The summed E-state index contributed by atoms with van der Waals surface area (Å²) >= 11 is 5.12. The monoisotopic (exact) mass is 260 g/mol. The third-order valence-corrected chi connectivity index (χ3v) is 5.21. The van der Waals surface area contributed by atoms with E-state index in [-0.39, 0.29) is 5.41 Å². The maximum Gasteiger partial charge on any atom is 0.105 e. The Kier molecular flexibility index (Phi) is 2.10. The number of aliphatic hydroxyl groups is 1. The standard InChI is InChI=1S/C10H13BrOS/c1-9(2)4-5-10(9,12)8-7(11)3-6-13-8/h3,6,12H,4-5H2,1-2H3. The van der Waals surface area contributed by atoms with Gasteiger partial charge in [-0.2, -0.15) is 0 Å². The maximum absolute atomic E-state index is 10.5. The second-order valence-electron chi connectivity index (χ2n) is 4.34. The predicted octanol–water partition coefficient (Wildman–Crippen LogP) is 3.52. The molecule has 3 heteroatoms. The third-order valence-electron chi connectivity index (χ3n) is 3.22. The Labute approximate surface area is 90.9 Å². The zero-order valence-corrected chi connectivity index (χ0v) is 10.2. The van der Waals surface area contributed by atoms with Gasteiger partial charge in [0.05, 0.1) is 4.88 Å². The molecule has 2 rings (SSSR count). The van der Waals surface area contributed by atoms with Crippen molar-refractivity contribution >= 4 is 27.3 Å². The zero-order chi connectivity index (χ0) is 9.69. The lowest BCUT2D eigenvalue weighted by molar-refractivity contribution is -0.153. The Morgan fingerprint density at radius 2 is 2.15 bits per heavy atom. The lowest BCUT2D eigenvalue weighted by Crippen LogP contribution is -2.50. The van der Waals surface area contributed by atoms with Gasteiger partial charge >= 0.3 is 0 Å². The smallest absolute Gasteiger partial charge is 0.105 e. The Balaban J connectivity index is 2.42. The van der Waals surface area contributed by atoms with Crippen LogP contribution in [0.15, 0.2) is 15.9 Å². The highest BCUT2D eigenvalue weighted by Crippen LogP contribution is 2.58. The second-order valence-corrected chi connectivity index (χ2v) is 6.11. The van der Waals surface area contributed by atoms with Crippen molar-refractivity contribution in [2.24, 2.45) is 5.41 Å². The van der Waals surface area contributed by atoms with Crippen molar-refractivity contribution in [3.63, 3.8) is 0 Å². The van der Waals surface area contributed by atoms with Crippen LogP contribution in [0.2, 0.25) is 0 Å². The number of rotatable bonds is 1. The van der Waals surface area contributed by atoms with E-state index >= 15 is 0 Å². The molecule has 1 nitrogen and oxygen atoms in total. The molecule has 1 fully saturated rings. The summed E-state index contributed by atoms with van der Waals surface area (Å²) in [5.74, 6) is 0. The average molecular weight is 261 g/mol. The number of hydrogen-bond acceptors (Lipinski definition) is 2. The van der Waals surface area contributed by atoms with Crippen molar-refractivity contribution in [1.29, 1.82) is 0 Å². The van der Waals surface area contributed by atoms with Gasteiger partial charge in [0.2, 0.25) is 0 Å². The van der Waals surface area contributed by atoms with E-state index < -0.39 is 5.60 Å². The topological polar surface area (TPSA) is 20.2 Å². The highest BCUT2D eigenvalue weighted by atomic mass is 79.9. The number of thiophene rings is 1. The molecular formula is C10H13BrOS. The molecule has 0 aliphatic heterocycles. The Hall–Kier alpha value is 0.140. The number of hydrogen-bond donors (Lipinski definition) is 1. The molecular weight excluding hydrogens is 248 g/mol. The highest BCUT2D eigenvalue weighted by Gasteiger charge is 2.54. The van der Waals surface area contributed by atoms with E-state index in [1.54, 1.807) is 11.3 Å². The van der Waals surface area contributed by atoms with E-state index in [1.807, 2.05) is 11.4 Å².